The number of carbonyl (C=O) groups is 1. The Kier molecular flexibility index (Phi) is 4.98. The van der Waals surface area contributed by atoms with E-state index in [1.165, 1.54) is 23.3 Å². The highest BCUT2D eigenvalue weighted by Gasteiger charge is 2.24. The Labute approximate surface area is 163 Å². The van der Waals surface area contributed by atoms with Crippen molar-refractivity contribution in [1.29, 1.82) is 0 Å². The number of hydrogen-bond acceptors (Lipinski definition) is 3. The molecule has 3 aromatic rings. The van der Waals surface area contributed by atoms with Gasteiger partial charge in [0.1, 0.15) is 5.75 Å². The van der Waals surface area contributed by atoms with E-state index in [4.69, 9.17) is 4.74 Å². The number of carbonyl (C=O) groups excluding carboxylic acids is 1. The fourth-order valence-corrected chi connectivity index (χ4v) is 3.79. The van der Waals surface area contributed by atoms with Crippen molar-refractivity contribution < 1.29 is 9.53 Å². The molecule has 1 aliphatic rings. The quantitative estimate of drug-likeness (QED) is 0.758. The first-order chi connectivity index (χ1) is 13.7. The fraction of sp³-hybridized carbons (Fsp3) is 0.217. The average Bonchev–Trinajstić information content (AvgIpc) is 2.74. The molecule has 2 aromatic carbocycles. The number of nitrogens with zero attached hydrogens (tertiary/aromatic N) is 1. The van der Waals surface area contributed by atoms with Gasteiger partial charge in [-0.15, -0.1) is 0 Å². The molecule has 0 aliphatic heterocycles. The maximum atomic E-state index is 13.1. The molecule has 0 spiro atoms. The number of hydrogen-bond donors (Lipinski definition) is 1. The van der Waals surface area contributed by atoms with Crippen LogP contribution in [-0.4, -0.2) is 17.6 Å². The lowest BCUT2D eigenvalue weighted by atomic mass is 9.87. The average molecular weight is 374 g/mol. The van der Waals surface area contributed by atoms with Crippen molar-refractivity contribution in [3.05, 3.63) is 93.9 Å². The van der Waals surface area contributed by atoms with Gasteiger partial charge in [-0.2, -0.15) is 0 Å². The van der Waals surface area contributed by atoms with Gasteiger partial charge in [-0.1, -0.05) is 42.5 Å². The van der Waals surface area contributed by atoms with Crippen molar-refractivity contribution in [3.63, 3.8) is 0 Å². The van der Waals surface area contributed by atoms with Gasteiger partial charge in [-0.05, 0) is 42.5 Å². The second-order valence-corrected chi connectivity index (χ2v) is 6.92. The Morgan fingerprint density at radius 1 is 1.11 bits per heavy atom. The van der Waals surface area contributed by atoms with E-state index in [2.05, 4.69) is 17.4 Å². The molecule has 1 unspecified atom stereocenters. The van der Waals surface area contributed by atoms with Gasteiger partial charge in [-0.25, -0.2) is 0 Å². The van der Waals surface area contributed by atoms with Crippen molar-refractivity contribution in [1.82, 2.24) is 9.88 Å². The minimum Gasteiger partial charge on any atom is -0.496 e. The van der Waals surface area contributed by atoms with Crippen molar-refractivity contribution in [2.75, 3.05) is 7.11 Å². The van der Waals surface area contributed by atoms with Crippen LogP contribution >= 0.6 is 0 Å². The van der Waals surface area contributed by atoms with Crippen LogP contribution in [0.4, 0.5) is 0 Å². The van der Waals surface area contributed by atoms with Crippen LogP contribution in [0.25, 0.3) is 5.69 Å². The number of para-hydroxylation sites is 1. The Hall–Kier alpha value is -3.34. The highest BCUT2D eigenvalue weighted by Crippen LogP contribution is 2.30. The van der Waals surface area contributed by atoms with Crippen molar-refractivity contribution in [3.8, 4) is 11.4 Å². The number of benzene rings is 2. The Morgan fingerprint density at radius 2 is 1.86 bits per heavy atom. The van der Waals surface area contributed by atoms with Crippen LogP contribution in [0.5, 0.6) is 5.75 Å². The number of amides is 1. The van der Waals surface area contributed by atoms with E-state index >= 15 is 0 Å². The molecule has 5 nitrogen and oxygen atoms in total. The minimum atomic E-state index is -0.248. The van der Waals surface area contributed by atoms with Gasteiger partial charge in [-0.3, -0.25) is 14.2 Å². The third-order valence-corrected chi connectivity index (χ3v) is 5.19. The van der Waals surface area contributed by atoms with Crippen LogP contribution in [-0.2, 0) is 6.42 Å². The predicted octanol–water partition coefficient (Wildman–Crippen LogP) is 3.65. The van der Waals surface area contributed by atoms with Gasteiger partial charge in [0.15, 0.2) is 0 Å². The van der Waals surface area contributed by atoms with Crippen LogP contribution in [0, 0.1) is 0 Å². The Balaban J connectivity index is 1.69. The third-order valence-electron chi connectivity index (χ3n) is 5.19. The van der Waals surface area contributed by atoms with E-state index in [0.29, 0.717) is 11.3 Å². The minimum absolute atomic E-state index is 0.0424. The zero-order valence-electron chi connectivity index (χ0n) is 15.7. The van der Waals surface area contributed by atoms with E-state index < -0.39 is 0 Å². The van der Waals surface area contributed by atoms with Crippen molar-refractivity contribution in [2.24, 2.45) is 0 Å². The smallest absolute Gasteiger partial charge is 0.258 e. The summed E-state index contributed by atoms with van der Waals surface area (Å²) in [5.41, 5.74) is 3.24. The number of nitrogens with one attached hydrogen (secondary N) is 1. The highest BCUT2D eigenvalue weighted by atomic mass is 16.5. The largest absolute Gasteiger partial charge is 0.496 e. The molecular formula is C23H22N2O3. The van der Waals surface area contributed by atoms with Gasteiger partial charge in [0, 0.05) is 18.0 Å². The molecule has 1 heterocycles. The molecule has 142 valence electrons. The topological polar surface area (TPSA) is 60.3 Å². The molecule has 1 N–H and O–H groups in total. The molecule has 4 rings (SSSR count). The van der Waals surface area contributed by atoms with Gasteiger partial charge < -0.3 is 10.1 Å². The zero-order chi connectivity index (χ0) is 19.5. The normalized spacial score (nSPS) is 15.5. The number of fused-ring (bicyclic) bond motifs is 1. The number of rotatable bonds is 4. The van der Waals surface area contributed by atoms with Crippen molar-refractivity contribution >= 4 is 5.91 Å². The van der Waals surface area contributed by atoms with E-state index in [-0.39, 0.29) is 23.3 Å². The first-order valence-electron chi connectivity index (χ1n) is 9.42. The molecule has 28 heavy (non-hydrogen) atoms. The molecular weight excluding hydrogens is 352 g/mol. The standard InChI is InChI=1S/C23H22N2O3/c1-28-21-14-22(26)25(17-10-3-2-4-11-17)15-19(21)23(27)24-20-13-7-9-16-8-5-6-12-18(16)20/h2-6,8,10-12,14-15,20H,7,9,13H2,1H3,(H,24,27). The number of aryl methyl sites for hydroxylation is 1. The first-order valence-corrected chi connectivity index (χ1v) is 9.42. The number of ether oxygens (including phenoxy) is 1. The lowest BCUT2D eigenvalue weighted by Gasteiger charge is -2.26. The summed E-state index contributed by atoms with van der Waals surface area (Å²) < 4.78 is 6.79. The van der Waals surface area contributed by atoms with Gasteiger partial charge in [0.05, 0.1) is 18.7 Å². The summed E-state index contributed by atoms with van der Waals surface area (Å²) in [6, 6.07) is 18.8. The Morgan fingerprint density at radius 3 is 2.64 bits per heavy atom. The number of pyridine rings is 1. The summed E-state index contributed by atoms with van der Waals surface area (Å²) in [5, 5.41) is 3.13. The van der Waals surface area contributed by atoms with Crippen molar-refractivity contribution in [2.45, 2.75) is 25.3 Å². The van der Waals surface area contributed by atoms with E-state index in [1.54, 1.807) is 6.20 Å². The summed E-state index contributed by atoms with van der Waals surface area (Å²) in [5.74, 6) is 0.0296. The second-order valence-electron chi connectivity index (χ2n) is 6.92. The summed E-state index contributed by atoms with van der Waals surface area (Å²) in [6.45, 7) is 0. The first kappa shape index (κ1) is 18.0. The van der Waals surface area contributed by atoms with Gasteiger partial charge in [0.2, 0.25) is 0 Å². The second kappa shape index (κ2) is 7.72. The van der Waals surface area contributed by atoms with Gasteiger partial charge >= 0.3 is 0 Å². The lowest BCUT2D eigenvalue weighted by molar-refractivity contribution is 0.0929. The summed E-state index contributed by atoms with van der Waals surface area (Å²) >= 11 is 0. The van der Waals surface area contributed by atoms with Crippen LogP contribution in [0.2, 0.25) is 0 Å². The lowest BCUT2D eigenvalue weighted by Crippen LogP contribution is -2.32. The molecule has 1 aromatic heterocycles. The summed E-state index contributed by atoms with van der Waals surface area (Å²) in [6.07, 6.45) is 4.51. The SMILES string of the molecule is COc1cc(=O)n(-c2ccccc2)cc1C(=O)NC1CCCc2ccccc21. The highest BCUT2D eigenvalue weighted by molar-refractivity contribution is 5.97. The van der Waals surface area contributed by atoms with E-state index in [1.807, 2.05) is 42.5 Å². The van der Waals surface area contributed by atoms with Gasteiger partial charge in [0.25, 0.3) is 11.5 Å². The molecule has 0 fully saturated rings. The zero-order valence-corrected chi connectivity index (χ0v) is 15.7. The third kappa shape index (κ3) is 3.43. The monoisotopic (exact) mass is 374 g/mol. The fourth-order valence-electron chi connectivity index (χ4n) is 3.79. The van der Waals surface area contributed by atoms with Crippen LogP contribution in [0.3, 0.4) is 0 Å². The molecule has 1 atom stereocenters. The molecule has 5 heteroatoms. The molecule has 0 saturated heterocycles. The van der Waals surface area contributed by atoms with E-state index in [0.717, 1.165) is 24.8 Å². The molecule has 0 saturated carbocycles. The molecule has 1 amide bonds. The van der Waals surface area contributed by atoms with Crippen LogP contribution in [0.15, 0.2) is 71.7 Å². The van der Waals surface area contributed by atoms with Crippen LogP contribution in [0.1, 0.15) is 40.4 Å². The molecule has 0 bridgehead atoms. The Bertz CT molecular complexity index is 1060. The maximum absolute atomic E-state index is 13.1. The maximum Gasteiger partial charge on any atom is 0.258 e. The summed E-state index contributed by atoms with van der Waals surface area (Å²) in [7, 11) is 1.47. The number of methoxy groups -OCH3 is 1. The number of aromatic nitrogens is 1. The molecule has 0 radical (unpaired) electrons. The predicted molar refractivity (Wildman–Crippen MR) is 108 cm³/mol. The summed E-state index contributed by atoms with van der Waals surface area (Å²) in [4.78, 5) is 25.6. The molecule has 1 aliphatic carbocycles. The van der Waals surface area contributed by atoms with Crippen LogP contribution < -0.4 is 15.6 Å². The van der Waals surface area contributed by atoms with E-state index in [9.17, 15) is 9.59 Å².